The van der Waals surface area contributed by atoms with Crippen molar-refractivity contribution in [3.63, 3.8) is 0 Å². The van der Waals surface area contributed by atoms with Gasteiger partial charge in [-0.2, -0.15) is 18.4 Å². The van der Waals surface area contributed by atoms with Crippen molar-refractivity contribution in [3.05, 3.63) is 48.7 Å². The van der Waals surface area contributed by atoms with Gasteiger partial charge in [0.25, 0.3) is 0 Å². The molecule has 1 aliphatic rings. The van der Waals surface area contributed by atoms with Gasteiger partial charge < -0.3 is 4.74 Å². The number of aromatic nitrogens is 3. The van der Waals surface area contributed by atoms with Crippen LogP contribution in [0.15, 0.2) is 42.9 Å². The number of nitrogens with zero attached hydrogens (tertiary/aromatic N) is 6. The van der Waals surface area contributed by atoms with Gasteiger partial charge >= 0.3 is 12.2 Å². The van der Waals surface area contributed by atoms with Gasteiger partial charge in [0.2, 0.25) is 5.82 Å². The van der Waals surface area contributed by atoms with Gasteiger partial charge in [-0.25, -0.2) is 14.8 Å². The summed E-state index contributed by atoms with van der Waals surface area (Å²) in [6.07, 6.45) is -0.909. The van der Waals surface area contributed by atoms with Crippen molar-refractivity contribution in [2.45, 2.75) is 12.2 Å². The number of amides is 2. The fraction of sp³-hybridized carbons (Fsp3) is 0.211. The number of carbonyl (C=O) groups excluding carboxylic acids is 1. The number of benzene rings is 1. The highest BCUT2D eigenvalue weighted by Gasteiger charge is 2.43. The van der Waals surface area contributed by atoms with Gasteiger partial charge in [-0.05, 0) is 0 Å². The smallest absolute Gasteiger partial charge is 0.451 e. The average molecular weight is 414 g/mol. The predicted octanol–water partition coefficient (Wildman–Crippen LogP) is 3.39. The Balaban J connectivity index is 1.82. The molecule has 2 aromatic heterocycles. The molecule has 0 N–H and O–H groups in total. The molecule has 1 atom stereocenters. The number of carbonyl (C=O) groups is 1. The van der Waals surface area contributed by atoms with Crippen LogP contribution >= 0.6 is 0 Å². The van der Waals surface area contributed by atoms with E-state index in [-0.39, 0.29) is 18.1 Å². The number of alkyl halides is 3. The Kier molecular flexibility index (Phi) is 4.62. The molecule has 2 amide bonds. The van der Waals surface area contributed by atoms with Crippen molar-refractivity contribution in [2.75, 3.05) is 23.5 Å². The fourth-order valence-electron chi connectivity index (χ4n) is 3.27. The number of pyridine rings is 1. The second kappa shape index (κ2) is 7.14. The van der Waals surface area contributed by atoms with E-state index in [4.69, 9.17) is 4.74 Å². The molecule has 4 rings (SSSR count). The van der Waals surface area contributed by atoms with Gasteiger partial charge in [0.1, 0.15) is 6.04 Å². The number of methoxy groups -OCH3 is 1. The molecule has 0 spiro atoms. The molecule has 11 heteroatoms. The van der Waals surface area contributed by atoms with Gasteiger partial charge in [0.15, 0.2) is 11.6 Å². The summed E-state index contributed by atoms with van der Waals surface area (Å²) >= 11 is 0. The first-order valence-electron chi connectivity index (χ1n) is 8.66. The Morgan fingerprint density at radius 3 is 2.70 bits per heavy atom. The molecule has 30 heavy (non-hydrogen) atoms. The third-order valence-corrected chi connectivity index (χ3v) is 4.63. The van der Waals surface area contributed by atoms with Crippen molar-refractivity contribution in [1.82, 2.24) is 15.0 Å². The summed E-state index contributed by atoms with van der Waals surface area (Å²) in [5.41, 5.74) is 0.371. The van der Waals surface area contributed by atoms with Gasteiger partial charge in [0.05, 0.1) is 37.8 Å². The lowest BCUT2D eigenvalue weighted by atomic mass is 10.1. The van der Waals surface area contributed by atoms with E-state index in [1.54, 1.807) is 30.5 Å². The van der Waals surface area contributed by atoms with E-state index in [1.807, 2.05) is 6.07 Å². The minimum Gasteiger partial charge on any atom is -0.491 e. The molecule has 1 saturated heterocycles. The third-order valence-electron chi connectivity index (χ3n) is 4.63. The zero-order valence-electron chi connectivity index (χ0n) is 15.5. The molecule has 0 saturated carbocycles. The van der Waals surface area contributed by atoms with E-state index in [1.165, 1.54) is 18.2 Å². The predicted molar refractivity (Wildman–Crippen MR) is 100.0 cm³/mol. The topological polar surface area (TPSA) is 95.2 Å². The molecule has 0 bridgehead atoms. The SMILES string of the molecule is COc1cnc(C(F)(F)F)nc1N1CC(C#N)N(c2cncc3ccccc23)C1=O. The first kappa shape index (κ1) is 19.4. The molecule has 3 aromatic rings. The monoisotopic (exact) mass is 414 g/mol. The van der Waals surface area contributed by atoms with Crippen molar-refractivity contribution >= 4 is 28.3 Å². The number of rotatable bonds is 3. The Morgan fingerprint density at radius 1 is 1.23 bits per heavy atom. The van der Waals surface area contributed by atoms with Crippen LogP contribution < -0.4 is 14.5 Å². The first-order valence-corrected chi connectivity index (χ1v) is 8.66. The normalized spacial score (nSPS) is 16.8. The summed E-state index contributed by atoms with van der Waals surface area (Å²) < 4.78 is 44.4. The number of fused-ring (bicyclic) bond motifs is 1. The molecular weight excluding hydrogens is 401 g/mol. The van der Waals surface area contributed by atoms with Crippen LogP contribution in [0.5, 0.6) is 5.75 Å². The molecule has 1 aromatic carbocycles. The Morgan fingerprint density at radius 2 is 2.00 bits per heavy atom. The van der Waals surface area contributed by atoms with Crippen molar-refractivity contribution < 1.29 is 22.7 Å². The van der Waals surface area contributed by atoms with E-state index in [0.29, 0.717) is 11.1 Å². The maximum absolute atomic E-state index is 13.2. The highest BCUT2D eigenvalue weighted by Crippen LogP contribution is 2.37. The van der Waals surface area contributed by atoms with E-state index < -0.39 is 24.1 Å². The zero-order valence-corrected chi connectivity index (χ0v) is 15.5. The maximum Gasteiger partial charge on any atom is 0.451 e. The fourth-order valence-corrected chi connectivity index (χ4v) is 3.27. The minimum absolute atomic E-state index is 0.120. The van der Waals surface area contributed by atoms with Crippen LogP contribution in [0, 0.1) is 11.3 Å². The van der Waals surface area contributed by atoms with Gasteiger partial charge in [-0.1, -0.05) is 24.3 Å². The number of urea groups is 1. The standard InChI is InChI=1S/C19H13F3N6O2/c1-30-15-9-25-17(19(20,21)22)26-16(15)27-10-12(6-23)28(18(27)29)14-8-24-7-11-4-2-3-5-13(11)14/h2-5,7-9,12H,10H2,1H3. The van der Waals surface area contributed by atoms with Crippen LogP contribution in [-0.2, 0) is 6.18 Å². The van der Waals surface area contributed by atoms with E-state index in [0.717, 1.165) is 16.5 Å². The number of nitriles is 1. The summed E-state index contributed by atoms with van der Waals surface area (Å²) in [4.78, 5) is 26.3. The molecule has 1 fully saturated rings. The largest absolute Gasteiger partial charge is 0.491 e. The second-order valence-corrected chi connectivity index (χ2v) is 6.37. The lowest BCUT2D eigenvalue weighted by Crippen LogP contribution is -2.35. The molecule has 1 aliphatic heterocycles. The lowest BCUT2D eigenvalue weighted by Gasteiger charge is -2.21. The Bertz CT molecular complexity index is 1170. The van der Waals surface area contributed by atoms with Crippen LogP contribution in [0.4, 0.5) is 29.5 Å². The van der Waals surface area contributed by atoms with Gasteiger partial charge in [0, 0.05) is 17.0 Å². The van der Waals surface area contributed by atoms with E-state index >= 15 is 0 Å². The molecule has 1 unspecified atom stereocenters. The molecule has 152 valence electrons. The summed E-state index contributed by atoms with van der Waals surface area (Å²) in [7, 11) is 1.23. The van der Waals surface area contributed by atoms with Crippen molar-refractivity contribution in [3.8, 4) is 11.8 Å². The van der Waals surface area contributed by atoms with Crippen LogP contribution in [0.3, 0.4) is 0 Å². The molecule has 3 heterocycles. The lowest BCUT2D eigenvalue weighted by molar-refractivity contribution is -0.144. The summed E-state index contributed by atoms with van der Waals surface area (Å²) in [6.45, 7) is -0.205. The van der Waals surface area contributed by atoms with Gasteiger partial charge in [-0.3, -0.25) is 14.8 Å². The average Bonchev–Trinajstić information content (AvgIpc) is 3.08. The number of anilines is 2. The number of hydrogen-bond acceptors (Lipinski definition) is 6. The molecule has 0 aliphatic carbocycles. The van der Waals surface area contributed by atoms with Gasteiger partial charge in [-0.15, -0.1) is 0 Å². The quantitative estimate of drug-likeness (QED) is 0.652. The van der Waals surface area contributed by atoms with Crippen LogP contribution in [0.2, 0.25) is 0 Å². The zero-order chi connectivity index (χ0) is 21.5. The number of ether oxygens (including phenoxy) is 1. The van der Waals surface area contributed by atoms with E-state index in [9.17, 15) is 23.2 Å². The van der Waals surface area contributed by atoms with Crippen molar-refractivity contribution in [1.29, 1.82) is 5.26 Å². The van der Waals surface area contributed by atoms with Crippen LogP contribution in [-0.4, -0.2) is 40.7 Å². The summed E-state index contributed by atoms with van der Waals surface area (Å²) in [5, 5.41) is 11.0. The highest BCUT2D eigenvalue weighted by molar-refractivity contribution is 6.11. The van der Waals surface area contributed by atoms with E-state index in [2.05, 4.69) is 15.0 Å². The Labute approximate surface area is 168 Å². The Hall–Kier alpha value is -3.94. The number of hydrogen-bond donors (Lipinski definition) is 0. The third kappa shape index (κ3) is 3.12. The summed E-state index contributed by atoms with van der Waals surface area (Å²) in [5.74, 6) is -1.89. The maximum atomic E-state index is 13.2. The molecular formula is C19H13F3N6O2. The second-order valence-electron chi connectivity index (χ2n) is 6.37. The van der Waals surface area contributed by atoms with Crippen molar-refractivity contribution in [2.24, 2.45) is 0 Å². The molecule has 8 nitrogen and oxygen atoms in total. The van der Waals surface area contributed by atoms with Crippen LogP contribution in [0.25, 0.3) is 10.8 Å². The highest BCUT2D eigenvalue weighted by atomic mass is 19.4. The van der Waals surface area contributed by atoms with Crippen LogP contribution in [0.1, 0.15) is 5.82 Å². The number of halogens is 3. The summed E-state index contributed by atoms with van der Waals surface area (Å²) in [6, 6.07) is 7.47. The minimum atomic E-state index is -4.81. The molecule has 0 radical (unpaired) electrons. The first-order chi connectivity index (χ1) is 14.3.